The van der Waals surface area contributed by atoms with Gasteiger partial charge in [-0.3, -0.25) is 0 Å². The quantitative estimate of drug-likeness (QED) is 0.279. The van der Waals surface area contributed by atoms with E-state index in [1.54, 1.807) is 12.1 Å². The fraction of sp³-hybridized carbons (Fsp3) is 0.143. The van der Waals surface area contributed by atoms with Crippen LogP contribution in [-0.2, 0) is 17.5 Å². The zero-order valence-electron chi connectivity index (χ0n) is 18.1. The van der Waals surface area contributed by atoms with Crippen LogP contribution >= 0.6 is 0 Å². The molecule has 14 heteroatoms. The third-order valence-electron chi connectivity index (χ3n) is 4.94. The van der Waals surface area contributed by atoms with E-state index in [9.17, 15) is 17.7 Å². The van der Waals surface area contributed by atoms with Crippen LogP contribution in [0.1, 0.15) is 5.56 Å². The van der Waals surface area contributed by atoms with E-state index in [4.69, 9.17) is 4.74 Å². The molecule has 5 rings (SSSR count). The Balaban J connectivity index is 1.39. The van der Waals surface area contributed by atoms with E-state index >= 15 is 0 Å². The normalized spacial score (nSPS) is 12.7. The van der Waals surface area contributed by atoms with E-state index in [0.29, 0.717) is 34.0 Å². The van der Waals surface area contributed by atoms with E-state index in [2.05, 4.69) is 35.6 Å². The molecule has 0 fully saturated rings. The minimum absolute atomic E-state index is 0.0563. The van der Waals surface area contributed by atoms with Crippen molar-refractivity contribution in [2.45, 2.75) is 18.4 Å². The van der Waals surface area contributed by atoms with Crippen molar-refractivity contribution in [2.24, 2.45) is 0 Å². The highest BCUT2D eigenvalue weighted by Crippen LogP contribution is 2.32. The van der Waals surface area contributed by atoms with Crippen molar-refractivity contribution in [3.8, 4) is 11.5 Å². The summed E-state index contributed by atoms with van der Waals surface area (Å²) in [6.07, 6.45) is -0.326. The number of nitrogens with zero attached hydrogens (tertiary/aromatic N) is 7. The molecular formula is C21H15F3N8O2S. The molecule has 1 N–H and O–H groups in total. The highest BCUT2D eigenvalue weighted by molar-refractivity contribution is 7.90. The van der Waals surface area contributed by atoms with Crippen LogP contribution in [-0.4, -0.2) is 45.7 Å². The lowest BCUT2D eigenvalue weighted by atomic mass is 10.2. The molecule has 0 amide bonds. The van der Waals surface area contributed by atoms with Crippen molar-refractivity contribution in [1.29, 1.82) is 0 Å². The summed E-state index contributed by atoms with van der Waals surface area (Å²) in [6, 6.07) is 9.32. The summed E-state index contributed by atoms with van der Waals surface area (Å²) in [7, 11) is 0. The van der Waals surface area contributed by atoms with Gasteiger partial charge >= 0.3 is 11.5 Å². The molecule has 0 saturated carbocycles. The predicted octanol–water partition coefficient (Wildman–Crippen LogP) is 4.22. The van der Waals surface area contributed by atoms with Gasteiger partial charge < -0.3 is 14.6 Å². The molecule has 0 aliphatic rings. The van der Waals surface area contributed by atoms with Crippen LogP contribution in [0.25, 0.3) is 22.1 Å². The molecule has 10 nitrogen and oxygen atoms in total. The van der Waals surface area contributed by atoms with Gasteiger partial charge in [-0.1, -0.05) is 5.21 Å². The third-order valence-corrected chi connectivity index (χ3v) is 5.65. The van der Waals surface area contributed by atoms with Gasteiger partial charge in [-0.25, -0.2) is 9.97 Å². The smallest absolute Gasteiger partial charge is 0.506 e. The molecule has 178 valence electrons. The summed E-state index contributed by atoms with van der Waals surface area (Å²) in [5.41, 5.74) is 2.23. The van der Waals surface area contributed by atoms with Crippen LogP contribution in [0, 0.1) is 6.92 Å². The fourth-order valence-corrected chi connectivity index (χ4v) is 3.75. The third kappa shape index (κ3) is 4.52. The summed E-state index contributed by atoms with van der Waals surface area (Å²) in [4.78, 5) is 16.7. The first kappa shape index (κ1) is 22.7. The van der Waals surface area contributed by atoms with Crippen molar-refractivity contribution >= 4 is 44.7 Å². The number of alkyl halides is 3. The lowest BCUT2D eigenvalue weighted by Crippen LogP contribution is -2.17. The van der Waals surface area contributed by atoms with E-state index in [-0.39, 0.29) is 20.9 Å². The molecule has 3 aromatic heterocycles. The molecule has 1 atom stereocenters. The summed E-state index contributed by atoms with van der Waals surface area (Å²) >= 11 is -1.37. The Hall–Kier alpha value is -4.04. The van der Waals surface area contributed by atoms with Crippen LogP contribution in [0.4, 0.5) is 24.7 Å². The van der Waals surface area contributed by atoms with Crippen LogP contribution in [0.2, 0.25) is 0 Å². The van der Waals surface area contributed by atoms with Crippen molar-refractivity contribution in [1.82, 2.24) is 34.9 Å². The number of aryl methyl sites for hydroxylation is 1. The Bertz CT molecular complexity index is 1560. The molecule has 3 heterocycles. The zero-order valence-corrected chi connectivity index (χ0v) is 18.9. The van der Waals surface area contributed by atoms with Crippen LogP contribution in [0.5, 0.6) is 11.5 Å². The van der Waals surface area contributed by atoms with E-state index in [1.165, 1.54) is 37.0 Å². The average Bonchev–Trinajstić information content (AvgIpc) is 3.25. The van der Waals surface area contributed by atoms with E-state index in [1.807, 2.05) is 13.0 Å². The lowest BCUT2D eigenvalue weighted by Gasteiger charge is -2.12. The topological polar surface area (TPSA) is 127 Å². The van der Waals surface area contributed by atoms with Gasteiger partial charge in [-0.05, 0) is 42.8 Å². The SMILES string of the molecule is Cc1cc(Nc2ncnc3cnc([S+](C)[O-])nc23)ccc1Oc1ccc2c(c1)nnn2C(F)(F)F. The summed E-state index contributed by atoms with van der Waals surface area (Å²) < 4.78 is 56.5. The first-order valence-electron chi connectivity index (χ1n) is 9.98. The van der Waals surface area contributed by atoms with E-state index < -0.39 is 17.5 Å². The van der Waals surface area contributed by atoms with Crippen LogP contribution in [0.3, 0.4) is 0 Å². The van der Waals surface area contributed by atoms with Crippen LogP contribution in [0.15, 0.2) is 54.1 Å². The monoisotopic (exact) mass is 500 g/mol. The average molecular weight is 500 g/mol. The first-order valence-corrected chi connectivity index (χ1v) is 11.5. The number of fused-ring (bicyclic) bond motifs is 2. The van der Waals surface area contributed by atoms with Crippen LogP contribution < -0.4 is 10.1 Å². The number of rotatable bonds is 5. The summed E-state index contributed by atoms with van der Waals surface area (Å²) in [5, 5.41) is 10.1. The molecular weight excluding hydrogens is 485 g/mol. The second-order valence-corrected chi connectivity index (χ2v) is 8.66. The van der Waals surface area contributed by atoms with Gasteiger partial charge in [0.05, 0.1) is 11.7 Å². The standard InChI is InChI=1S/C21H15F3N8O2S/c1-11-7-12(28-19-18-15(26-10-27-19)9-25-20(29-18)35(2)33)3-6-17(11)34-13-4-5-16-14(8-13)30-31-32(16)21(22,23)24/h3-10H,1-2H3,(H,26,27,28). The minimum atomic E-state index is -4.66. The van der Waals surface area contributed by atoms with Gasteiger partial charge in [0, 0.05) is 22.9 Å². The van der Waals surface area contributed by atoms with Gasteiger partial charge in [0.15, 0.2) is 5.82 Å². The zero-order chi connectivity index (χ0) is 24.7. The molecule has 2 aromatic carbocycles. The number of aromatic nitrogens is 7. The largest absolute Gasteiger partial charge is 0.609 e. The van der Waals surface area contributed by atoms with Gasteiger partial charge in [-0.15, -0.1) is 18.3 Å². The Morgan fingerprint density at radius 2 is 1.89 bits per heavy atom. The number of anilines is 2. The van der Waals surface area contributed by atoms with Gasteiger partial charge in [0.25, 0.3) is 0 Å². The predicted molar refractivity (Wildman–Crippen MR) is 121 cm³/mol. The number of halogens is 3. The maximum absolute atomic E-state index is 13.0. The number of hydrogen-bond acceptors (Lipinski definition) is 9. The Kier molecular flexibility index (Phi) is 5.61. The molecule has 5 aromatic rings. The molecule has 0 spiro atoms. The minimum Gasteiger partial charge on any atom is -0.609 e. The number of hydrogen-bond donors (Lipinski definition) is 1. The molecule has 0 aliphatic heterocycles. The Labute approximate surface area is 198 Å². The Morgan fingerprint density at radius 3 is 2.63 bits per heavy atom. The second kappa shape index (κ2) is 8.63. The number of nitrogens with one attached hydrogen (secondary N) is 1. The van der Waals surface area contributed by atoms with E-state index in [0.717, 1.165) is 5.56 Å². The summed E-state index contributed by atoms with van der Waals surface area (Å²) in [5.74, 6) is 1.22. The van der Waals surface area contributed by atoms with Gasteiger partial charge in [-0.2, -0.15) is 14.6 Å². The molecule has 1 unspecified atom stereocenters. The van der Waals surface area contributed by atoms with Gasteiger partial charge in [0.2, 0.25) is 0 Å². The number of benzene rings is 2. The van der Waals surface area contributed by atoms with Gasteiger partial charge in [0.1, 0.15) is 40.6 Å². The second-order valence-electron chi connectivity index (χ2n) is 7.39. The molecule has 35 heavy (non-hydrogen) atoms. The van der Waals surface area contributed by atoms with Crippen molar-refractivity contribution in [3.05, 3.63) is 54.5 Å². The maximum Gasteiger partial charge on any atom is 0.506 e. The molecule has 0 saturated heterocycles. The highest BCUT2D eigenvalue weighted by atomic mass is 32.2. The van der Waals surface area contributed by atoms with Crippen molar-refractivity contribution in [3.63, 3.8) is 0 Å². The van der Waals surface area contributed by atoms with Crippen molar-refractivity contribution in [2.75, 3.05) is 11.6 Å². The first-order chi connectivity index (χ1) is 16.7. The highest BCUT2D eigenvalue weighted by Gasteiger charge is 2.34. The maximum atomic E-state index is 13.0. The number of ether oxygens (including phenoxy) is 1. The Morgan fingerprint density at radius 1 is 1.06 bits per heavy atom. The lowest BCUT2D eigenvalue weighted by molar-refractivity contribution is -0.210. The molecule has 0 bridgehead atoms. The van der Waals surface area contributed by atoms with Crippen molar-refractivity contribution < 1.29 is 22.5 Å². The molecule has 0 radical (unpaired) electrons. The molecule has 0 aliphatic carbocycles. The fourth-order valence-electron chi connectivity index (χ4n) is 3.33. The summed E-state index contributed by atoms with van der Waals surface area (Å²) in [6.45, 7) is 1.82.